The molecule has 0 aliphatic carbocycles. The number of aryl methyl sites for hydroxylation is 1. The van der Waals surface area contributed by atoms with Crippen molar-refractivity contribution in [2.24, 2.45) is 0 Å². The zero-order valence-corrected chi connectivity index (χ0v) is 16.5. The second kappa shape index (κ2) is 6.84. The number of hydrogen-bond donors (Lipinski definition) is 0. The van der Waals surface area contributed by atoms with Gasteiger partial charge in [0.2, 0.25) is 5.76 Å². The van der Waals surface area contributed by atoms with Crippen molar-refractivity contribution in [1.82, 2.24) is 4.98 Å². The Bertz CT molecular complexity index is 1340. The normalized spacial score (nSPS) is 15.5. The molecule has 1 atom stereocenters. The lowest BCUT2D eigenvalue weighted by Gasteiger charge is -2.24. The Morgan fingerprint density at radius 2 is 1.73 bits per heavy atom. The van der Waals surface area contributed by atoms with Gasteiger partial charge in [-0.3, -0.25) is 14.5 Å². The summed E-state index contributed by atoms with van der Waals surface area (Å²) in [4.78, 5) is 32.9. The zero-order valence-electron chi connectivity index (χ0n) is 16.5. The fraction of sp³-hybridized carbons (Fsp3) is 0.125. The van der Waals surface area contributed by atoms with Gasteiger partial charge in [0, 0.05) is 5.69 Å². The Morgan fingerprint density at radius 3 is 2.47 bits per heavy atom. The minimum atomic E-state index is -0.645. The third kappa shape index (κ3) is 2.69. The van der Waals surface area contributed by atoms with E-state index in [-0.39, 0.29) is 17.1 Å². The summed E-state index contributed by atoms with van der Waals surface area (Å²) in [7, 11) is 1.59. The number of nitrogens with zero attached hydrogens (tertiary/aromatic N) is 2. The van der Waals surface area contributed by atoms with Crippen LogP contribution >= 0.6 is 0 Å². The van der Waals surface area contributed by atoms with Crippen molar-refractivity contribution in [2.75, 3.05) is 12.0 Å². The molecule has 30 heavy (non-hydrogen) atoms. The highest BCUT2D eigenvalue weighted by Crippen LogP contribution is 2.40. The standard InChI is InChI=1S/C24H18N2O4/c1-14-6-5-9-19(25-14)26-21(15-10-12-16(29-2)13-11-15)20-22(27)17-7-3-4-8-18(17)30-23(20)24(26)28/h3-13,21H,1-2H3/t21-/m0/s1. The maximum absolute atomic E-state index is 13.4. The van der Waals surface area contributed by atoms with Crippen molar-refractivity contribution in [2.45, 2.75) is 13.0 Å². The summed E-state index contributed by atoms with van der Waals surface area (Å²) in [6.07, 6.45) is 0. The molecule has 1 amide bonds. The largest absolute Gasteiger partial charge is 0.497 e. The number of rotatable bonds is 3. The molecule has 0 unspecified atom stereocenters. The molecule has 6 nitrogen and oxygen atoms in total. The molecule has 148 valence electrons. The number of amides is 1. The number of carbonyl (C=O) groups is 1. The fourth-order valence-corrected chi connectivity index (χ4v) is 3.92. The first-order chi connectivity index (χ1) is 14.6. The zero-order chi connectivity index (χ0) is 20.8. The lowest BCUT2D eigenvalue weighted by atomic mass is 9.98. The van der Waals surface area contributed by atoms with E-state index < -0.39 is 6.04 Å². The highest BCUT2D eigenvalue weighted by atomic mass is 16.5. The molecule has 1 aliphatic rings. The van der Waals surface area contributed by atoms with Gasteiger partial charge in [0.25, 0.3) is 5.91 Å². The van der Waals surface area contributed by atoms with Gasteiger partial charge in [-0.25, -0.2) is 4.98 Å². The van der Waals surface area contributed by atoms with Crippen LogP contribution < -0.4 is 15.1 Å². The van der Waals surface area contributed by atoms with Crippen LogP contribution in [0.4, 0.5) is 5.82 Å². The maximum Gasteiger partial charge on any atom is 0.296 e. The second-order valence-corrected chi connectivity index (χ2v) is 7.16. The molecule has 0 fully saturated rings. The van der Waals surface area contributed by atoms with Gasteiger partial charge in [-0.2, -0.15) is 0 Å². The molecular weight excluding hydrogens is 380 g/mol. The number of carbonyl (C=O) groups excluding carboxylic acids is 1. The van der Waals surface area contributed by atoms with Crippen molar-refractivity contribution in [3.63, 3.8) is 0 Å². The summed E-state index contributed by atoms with van der Waals surface area (Å²) in [5, 5.41) is 0.446. The van der Waals surface area contributed by atoms with E-state index >= 15 is 0 Å². The van der Waals surface area contributed by atoms with E-state index in [1.54, 1.807) is 37.4 Å². The van der Waals surface area contributed by atoms with Gasteiger partial charge in [-0.05, 0) is 48.9 Å². The Hall–Kier alpha value is -3.93. The molecular formula is C24H18N2O4. The highest BCUT2D eigenvalue weighted by molar-refractivity contribution is 6.10. The number of ether oxygens (including phenoxy) is 1. The lowest BCUT2D eigenvalue weighted by molar-refractivity contribution is 0.0970. The molecule has 3 heterocycles. The molecule has 1 aliphatic heterocycles. The minimum Gasteiger partial charge on any atom is -0.497 e. The van der Waals surface area contributed by atoms with Gasteiger partial charge in [0.05, 0.1) is 24.1 Å². The summed E-state index contributed by atoms with van der Waals surface area (Å²) in [6, 6.07) is 19.1. The van der Waals surface area contributed by atoms with Crippen LogP contribution in [0.15, 0.2) is 75.9 Å². The van der Waals surface area contributed by atoms with E-state index in [0.717, 1.165) is 11.3 Å². The maximum atomic E-state index is 13.4. The van der Waals surface area contributed by atoms with E-state index in [9.17, 15) is 9.59 Å². The average molecular weight is 398 g/mol. The van der Waals surface area contributed by atoms with E-state index in [1.807, 2.05) is 43.3 Å². The topological polar surface area (TPSA) is 72.6 Å². The number of para-hydroxylation sites is 1. The van der Waals surface area contributed by atoms with Crippen LogP contribution in [0.5, 0.6) is 5.75 Å². The molecule has 2 aromatic heterocycles. The molecule has 0 bridgehead atoms. The predicted octanol–water partition coefficient (Wildman–Crippen LogP) is 4.25. The van der Waals surface area contributed by atoms with Crippen molar-refractivity contribution in [3.05, 3.63) is 99.5 Å². The quantitative estimate of drug-likeness (QED) is 0.516. The van der Waals surface area contributed by atoms with E-state index in [2.05, 4.69) is 4.98 Å². The molecule has 0 saturated heterocycles. The molecule has 0 spiro atoms. The second-order valence-electron chi connectivity index (χ2n) is 7.16. The number of pyridine rings is 1. The monoisotopic (exact) mass is 398 g/mol. The van der Waals surface area contributed by atoms with Gasteiger partial charge >= 0.3 is 0 Å². The first-order valence-corrected chi connectivity index (χ1v) is 9.55. The summed E-state index contributed by atoms with van der Waals surface area (Å²) in [5.41, 5.74) is 2.05. The Balaban J connectivity index is 1.80. The van der Waals surface area contributed by atoms with Gasteiger partial charge < -0.3 is 9.15 Å². The highest BCUT2D eigenvalue weighted by Gasteiger charge is 2.44. The average Bonchev–Trinajstić information content (AvgIpc) is 3.06. The minimum absolute atomic E-state index is 0.0582. The Labute approximate surface area is 172 Å². The van der Waals surface area contributed by atoms with Gasteiger partial charge in [0.15, 0.2) is 5.43 Å². The Kier molecular flexibility index (Phi) is 4.13. The van der Waals surface area contributed by atoms with Crippen molar-refractivity contribution in [1.29, 1.82) is 0 Å². The van der Waals surface area contributed by atoms with Crippen LogP contribution in [0.25, 0.3) is 11.0 Å². The molecule has 0 saturated carbocycles. The van der Waals surface area contributed by atoms with Crippen LogP contribution in [-0.4, -0.2) is 18.0 Å². The third-order valence-corrected chi connectivity index (χ3v) is 5.33. The molecule has 5 rings (SSSR count). The van der Waals surface area contributed by atoms with Gasteiger partial charge in [0.1, 0.15) is 17.2 Å². The van der Waals surface area contributed by atoms with E-state index in [0.29, 0.717) is 28.1 Å². The summed E-state index contributed by atoms with van der Waals surface area (Å²) in [5.74, 6) is 0.833. The Morgan fingerprint density at radius 1 is 0.967 bits per heavy atom. The summed E-state index contributed by atoms with van der Waals surface area (Å²) >= 11 is 0. The lowest BCUT2D eigenvalue weighted by Crippen LogP contribution is -2.30. The van der Waals surface area contributed by atoms with Crippen LogP contribution in [0, 0.1) is 6.92 Å². The van der Waals surface area contributed by atoms with E-state index in [4.69, 9.17) is 9.15 Å². The summed E-state index contributed by atoms with van der Waals surface area (Å²) < 4.78 is 11.2. The number of aromatic nitrogens is 1. The smallest absolute Gasteiger partial charge is 0.296 e. The number of benzene rings is 2. The van der Waals surface area contributed by atoms with Crippen LogP contribution in [0.3, 0.4) is 0 Å². The molecule has 0 N–H and O–H groups in total. The molecule has 2 aromatic carbocycles. The third-order valence-electron chi connectivity index (χ3n) is 5.33. The molecule has 4 aromatic rings. The number of methoxy groups -OCH3 is 1. The molecule has 6 heteroatoms. The van der Waals surface area contributed by atoms with Crippen LogP contribution in [0.2, 0.25) is 0 Å². The van der Waals surface area contributed by atoms with Crippen molar-refractivity contribution >= 4 is 22.7 Å². The fourth-order valence-electron chi connectivity index (χ4n) is 3.92. The van der Waals surface area contributed by atoms with Crippen molar-refractivity contribution < 1.29 is 13.9 Å². The number of hydrogen-bond acceptors (Lipinski definition) is 5. The van der Waals surface area contributed by atoms with Gasteiger partial charge in [-0.15, -0.1) is 0 Å². The molecule has 0 radical (unpaired) electrons. The van der Waals surface area contributed by atoms with Crippen LogP contribution in [0.1, 0.15) is 33.4 Å². The summed E-state index contributed by atoms with van der Waals surface area (Å²) in [6.45, 7) is 1.86. The van der Waals surface area contributed by atoms with Gasteiger partial charge in [-0.1, -0.05) is 30.3 Å². The van der Waals surface area contributed by atoms with Crippen molar-refractivity contribution in [3.8, 4) is 5.75 Å². The first-order valence-electron chi connectivity index (χ1n) is 9.55. The number of anilines is 1. The number of fused-ring (bicyclic) bond motifs is 2. The van der Waals surface area contributed by atoms with Crippen LogP contribution in [-0.2, 0) is 0 Å². The van der Waals surface area contributed by atoms with E-state index in [1.165, 1.54) is 4.90 Å². The predicted molar refractivity (Wildman–Crippen MR) is 113 cm³/mol. The first kappa shape index (κ1) is 18.1. The SMILES string of the molecule is COc1ccc([C@H]2c3c(oc4ccccc4c3=O)C(=O)N2c2cccc(C)n2)cc1.